The van der Waals surface area contributed by atoms with Crippen molar-refractivity contribution in [1.29, 1.82) is 0 Å². The summed E-state index contributed by atoms with van der Waals surface area (Å²) in [5.41, 5.74) is 4.73. The number of carbonyl (C=O) groups is 2. The lowest BCUT2D eigenvalue weighted by molar-refractivity contribution is 0.102. The van der Waals surface area contributed by atoms with E-state index in [9.17, 15) is 18.0 Å². The first-order valence-corrected chi connectivity index (χ1v) is 14.6. The smallest absolute Gasteiger partial charge is 0.263 e. The molecular weight excluding hydrogens is 544 g/mol. The first kappa shape index (κ1) is 29.1. The number of ketones is 1. The number of amides is 1. The lowest BCUT2D eigenvalue weighted by atomic mass is 9.86. The topological polar surface area (TPSA) is 92.3 Å². The largest absolute Gasteiger partial charge is 0.322 e. The van der Waals surface area contributed by atoms with Crippen molar-refractivity contribution >= 4 is 44.7 Å². The second kappa shape index (κ2) is 11.3. The fourth-order valence-corrected chi connectivity index (χ4v) is 5.87. The second-order valence-corrected chi connectivity index (χ2v) is 12.8. The lowest BCUT2D eigenvalue weighted by Crippen LogP contribution is -2.17. The zero-order valence-corrected chi connectivity index (χ0v) is 24.6. The van der Waals surface area contributed by atoms with Crippen LogP contribution in [0.5, 0.6) is 0 Å². The number of nitrogens with one attached hydrogen (secondary N) is 2. The molecule has 0 atom stereocenters. The van der Waals surface area contributed by atoms with Gasteiger partial charge in [-0.3, -0.25) is 14.3 Å². The first-order valence-electron chi connectivity index (χ1n) is 12.7. The quantitative estimate of drug-likeness (QED) is 0.223. The monoisotopic (exact) mass is 574 g/mol. The van der Waals surface area contributed by atoms with Crippen molar-refractivity contribution in [2.24, 2.45) is 0 Å². The summed E-state index contributed by atoms with van der Waals surface area (Å²) >= 11 is 6.24. The Balaban J connectivity index is 1.54. The van der Waals surface area contributed by atoms with E-state index in [1.54, 1.807) is 55.5 Å². The molecule has 0 aliphatic heterocycles. The number of hydrogen-bond donors (Lipinski definition) is 2. The fraction of sp³-hybridized carbons (Fsp3) is 0.188. The Labute approximate surface area is 240 Å². The van der Waals surface area contributed by atoms with Crippen LogP contribution < -0.4 is 10.0 Å². The number of benzene rings is 4. The Morgan fingerprint density at radius 2 is 1.45 bits per heavy atom. The molecule has 0 saturated carbocycles. The maximum absolute atomic E-state index is 13.2. The number of aryl methyl sites for hydroxylation is 2. The SMILES string of the molecule is Cc1ccc(NS(=O)(=O)c2cc(C(=O)Nc3cccc(C(=O)c4ccc(C(C)(C)C)cc4)c3)ccc2Cl)c(C)c1. The summed E-state index contributed by atoms with van der Waals surface area (Å²) in [6, 6.07) is 23.5. The van der Waals surface area contributed by atoms with Gasteiger partial charge in [-0.05, 0) is 66.8 Å². The molecule has 0 aliphatic rings. The molecule has 0 bridgehead atoms. The minimum Gasteiger partial charge on any atom is -0.322 e. The maximum atomic E-state index is 13.2. The summed E-state index contributed by atoms with van der Waals surface area (Å²) in [4.78, 5) is 26.0. The zero-order chi connectivity index (χ0) is 29.2. The average molecular weight is 575 g/mol. The van der Waals surface area contributed by atoms with Gasteiger partial charge in [0, 0.05) is 22.4 Å². The minimum atomic E-state index is -4.08. The van der Waals surface area contributed by atoms with Crippen LogP contribution in [0.1, 0.15) is 63.7 Å². The average Bonchev–Trinajstić information content (AvgIpc) is 2.89. The number of halogens is 1. The van der Waals surface area contributed by atoms with Crippen LogP contribution in [-0.2, 0) is 15.4 Å². The van der Waals surface area contributed by atoms with Crippen molar-refractivity contribution in [3.63, 3.8) is 0 Å². The molecule has 0 fully saturated rings. The predicted molar refractivity (Wildman–Crippen MR) is 161 cm³/mol. The van der Waals surface area contributed by atoms with Crippen molar-refractivity contribution in [3.05, 3.63) is 123 Å². The lowest BCUT2D eigenvalue weighted by Gasteiger charge is -2.19. The first-order chi connectivity index (χ1) is 18.7. The van der Waals surface area contributed by atoms with Gasteiger partial charge in [0.2, 0.25) is 0 Å². The maximum Gasteiger partial charge on any atom is 0.263 e. The van der Waals surface area contributed by atoms with Gasteiger partial charge >= 0.3 is 0 Å². The van der Waals surface area contributed by atoms with Crippen molar-refractivity contribution in [1.82, 2.24) is 0 Å². The third-order valence-corrected chi connectivity index (χ3v) is 8.35. The van der Waals surface area contributed by atoms with Crippen molar-refractivity contribution in [2.75, 3.05) is 10.0 Å². The molecule has 0 heterocycles. The van der Waals surface area contributed by atoms with E-state index in [2.05, 4.69) is 30.8 Å². The summed E-state index contributed by atoms with van der Waals surface area (Å²) in [5.74, 6) is -0.715. The van der Waals surface area contributed by atoms with Gasteiger partial charge in [-0.25, -0.2) is 8.42 Å². The van der Waals surface area contributed by atoms with Crippen LogP contribution >= 0.6 is 11.6 Å². The number of hydrogen-bond acceptors (Lipinski definition) is 4. The molecule has 4 aromatic carbocycles. The molecule has 6 nitrogen and oxygen atoms in total. The van der Waals surface area contributed by atoms with E-state index < -0.39 is 15.9 Å². The zero-order valence-electron chi connectivity index (χ0n) is 23.0. The highest BCUT2D eigenvalue weighted by molar-refractivity contribution is 7.92. The fourth-order valence-electron chi connectivity index (χ4n) is 4.21. The Hall–Kier alpha value is -3.94. The van der Waals surface area contributed by atoms with Gasteiger partial charge in [0.05, 0.1) is 10.7 Å². The number of carbonyl (C=O) groups excluding carboxylic acids is 2. The van der Waals surface area contributed by atoms with Crippen molar-refractivity contribution in [2.45, 2.75) is 44.9 Å². The molecule has 2 N–H and O–H groups in total. The normalized spacial score (nSPS) is 11.7. The molecule has 8 heteroatoms. The van der Waals surface area contributed by atoms with Crippen LogP contribution in [0.2, 0.25) is 5.02 Å². The Morgan fingerprint density at radius 3 is 2.10 bits per heavy atom. The molecular formula is C32H31ClN2O4S. The van der Waals surface area contributed by atoms with Crippen LogP contribution in [0.4, 0.5) is 11.4 Å². The molecule has 0 saturated heterocycles. The van der Waals surface area contributed by atoms with Gasteiger partial charge in [-0.2, -0.15) is 0 Å². The number of rotatable bonds is 7. The summed E-state index contributed by atoms with van der Waals surface area (Å²) in [5, 5.41) is 2.73. The summed E-state index contributed by atoms with van der Waals surface area (Å²) in [7, 11) is -4.08. The van der Waals surface area contributed by atoms with Crippen LogP contribution in [0.15, 0.2) is 89.8 Å². The highest BCUT2D eigenvalue weighted by Gasteiger charge is 2.22. The summed E-state index contributed by atoms with van der Waals surface area (Å²) < 4.78 is 28.9. The van der Waals surface area contributed by atoms with E-state index in [-0.39, 0.29) is 26.7 Å². The second-order valence-electron chi connectivity index (χ2n) is 10.8. The molecule has 0 aliphatic carbocycles. The Bertz CT molecular complexity index is 1710. The Morgan fingerprint density at radius 1 is 0.775 bits per heavy atom. The molecule has 0 radical (unpaired) electrons. The Kier molecular flexibility index (Phi) is 8.19. The summed E-state index contributed by atoms with van der Waals surface area (Å²) in [6.07, 6.45) is 0. The predicted octanol–water partition coefficient (Wildman–Crippen LogP) is 7.54. The summed E-state index contributed by atoms with van der Waals surface area (Å²) in [6.45, 7) is 10.0. The van der Waals surface area contributed by atoms with Gasteiger partial charge in [0.15, 0.2) is 5.78 Å². The third-order valence-electron chi connectivity index (χ3n) is 6.50. The third kappa shape index (κ3) is 6.61. The molecule has 0 aromatic heterocycles. The molecule has 40 heavy (non-hydrogen) atoms. The van der Waals surface area contributed by atoms with E-state index >= 15 is 0 Å². The van der Waals surface area contributed by atoms with Crippen LogP contribution in [0, 0.1) is 13.8 Å². The molecule has 0 unspecified atom stereocenters. The van der Waals surface area contributed by atoms with Gasteiger partial charge in [-0.15, -0.1) is 0 Å². The number of sulfonamides is 1. The van der Waals surface area contributed by atoms with Gasteiger partial charge < -0.3 is 5.32 Å². The minimum absolute atomic E-state index is 0.0149. The van der Waals surface area contributed by atoms with Crippen LogP contribution in [0.25, 0.3) is 0 Å². The van der Waals surface area contributed by atoms with Crippen LogP contribution in [-0.4, -0.2) is 20.1 Å². The standard InChI is InChI=1S/C32H31ClN2O4S/c1-20-9-16-28(21(2)17-20)35-40(38,39)29-19-24(12-15-27(29)33)31(37)34-26-8-6-7-23(18-26)30(36)22-10-13-25(14-11-22)32(3,4)5/h6-19,35H,1-5H3,(H,34,37). The van der Waals surface area contributed by atoms with E-state index in [0.717, 1.165) is 16.7 Å². The van der Waals surface area contributed by atoms with E-state index in [0.29, 0.717) is 22.5 Å². The van der Waals surface area contributed by atoms with Crippen LogP contribution in [0.3, 0.4) is 0 Å². The highest BCUT2D eigenvalue weighted by atomic mass is 35.5. The molecule has 0 spiro atoms. The molecule has 1 amide bonds. The van der Waals surface area contributed by atoms with E-state index in [1.165, 1.54) is 18.2 Å². The van der Waals surface area contributed by atoms with E-state index in [4.69, 9.17) is 11.6 Å². The van der Waals surface area contributed by atoms with Gasteiger partial charge in [-0.1, -0.05) is 86.5 Å². The van der Waals surface area contributed by atoms with Gasteiger partial charge in [0.25, 0.3) is 15.9 Å². The number of anilines is 2. The molecule has 206 valence electrons. The molecule has 4 aromatic rings. The molecule has 4 rings (SSSR count). The van der Waals surface area contributed by atoms with E-state index in [1.807, 2.05) is 25.1 Å². The van der Waals surface area contributed by atoms with Crippen molar-refractivity contribution < 1.29 is 18.0 Å². The highest BCUT2D eigenvalue weighted by Crippen LogP contribution is 2.28. The van der Waals surface area contributed by atoms with Crippen molar-refractivity contribution in [3.8, 4) is 0 Å². The van der Waals surface area contributed by atoms with Gasteiger partial charge in [0.1, 0.15) is 4.90 Å².